The van der Waals surface area contributed by atoms with Gasteiger partial charge in [-0.15, -0.1) is 0 Å². The topological polar surface area (TPSA) is 75.7 Å². The number of anilines is 2. The lowest BCUT2D eigenvalue weighted by Gasteiger charge is -2.31. The average molecular weight is 445 g/mol. The van der Waals surface area contributed by atoms with Crippen LogP contribution in [0.3, 0.4) is 0 Å². The average Bonchev–Trinajstić information content (AvgIpc) is 2.62. The first-order valence-electron chi connectivity index (χ1n) is 8.49. The van der Waals surface area contributed by atoms with Gasteiger partial charge in [0, 0.05) is 15.7 Å². The summed E-state index contributed by atoms with van der Waals surface area (Å²) in [5, 5.41) is 3.60. The van der Waals surface area contributed by atoms with Crippen molar-refractivity contribution < 1.29 is 17.9 Å². The summed E-state index contributed by atoms with van der Waals surface area (Å²) in [5.74, 6) is -0.194. The lowest BCUT2D eigenvalue weighted by atomic mass is 10.1. The molecule has 0 unspecified atom stereocenters. The zero-order valence-electron chi connectivity index (χ0n) is 16.0. The van der Waals surface area contributed by atoms with Gasteiger partial charge in [0.2, 0.25) is 15.9 Å². The Labute approximate surface area is 175 Å². The van der Waals surface area contributed by atoms with Crippen LogP contribution in [0.15, 0.2) is 36.4 Å². The molecule has 0 aliphatic rings. The van der Waals surface area contributed by atoms with Crippen LogP contribution in [0.25, 0.3) is 0 Å². The van der Waals surface area contributed by atoms with Gasteiger partial charge in [-0.2, -0.15) is 0 Å². The van der Waals surface area contributed by atoms with Gasteiger partial charge in [0.25, 0.3) is 0 Å². The number of benzene rings is 2. The van der Waals surface area contributed by atoms with Crippen LogP contribution in [0, 0.1) is 6.92 Å². The Balaban J connectivity index is 2.51. The largest absolute Gasteiger partial charge is 0.495 e. The molecule has 0 saturated heterocycles. The van der Waals surface area contributed by atoms with E-state index in [1.54, 1.807) is 44.2 Å². The first-order chi connectivity index (χ1) is 13.1. The van der Waals surface area contributed by atoms with E-state index in [2.05, 4.69) is 5.32 Å². The maximum atomic E-state index is 13.0. The van der Waals surface area contributed by atoms with E-state index >= 15 is 0 Å². The summed E-state index contributed by atoms with van der Waals surface area (Å²) in [4.78, 5) is 13.0. The van der Waals surface area contributed by atoms with Crippen LogP contribution in [-0.2, 0) is 14.8 Å². The minimum absolute atomic E-state index is 0.197. The number of amides is 1. The Hall–Kier alpha value is -1.96. The fourth-order valence-corrected chi connectivity index (χ4v) is 4.38. The molecule has 1 atom stereocenters. The van der Waals surface area contributed by atoms with Crippen molar-refractivity contribution in [3.8, 4) is 5.75 Å². The molecule has 152 valence electrons. The zero-order chi connectivity index (χ0) is 21.1. The number of methoxy groups -OCH3 is 1. The van der Waals surface area contributed by atoms with Gasteiger partial charge in [0.15, 0.2) is 0 Å². The monoisotopic (exact) mass is 444 g/mol. The highest BCUT2D eigenvalue weighted by Crippen LogP contribution is 2.35. The molecular weight excluding hydrogens is 423 g/mol. The number of hydrogen-bond donors (Lipinski definition) is 1. The molecule has 0 fully saturated rings. The summed E-state index contributed by atoms with van der Waals surface area (Å²) in [6, 6.07) is 8.71. The van der Waals surface area contributed by atoms with Gasteiger partial charge in [-0.3, -0.25) is 9.10 Å². The van der Waals surface area contributed by atoms with Gasteiger partial charge < -0.3 is 10.1 Å². The lowest BCUT2D eigenvalue weighted by Crippen LogP contribution is -2.47. The number of carbonyl (C=O) groups excluding carboxylic acids is 1. The third-order valence-corrected chi connectivity index (χ3v) is 6.04. The minimum Gasteiger partial charge on any atom is -0.495 e. The van der Waals surface area contributed by atoms with Crippen molar-refractivity contribution in [1.29, 1.82) is 0 Å². The summed E-state index contributed by atoms with van der Waals surface area (Å²) in [6.45, 7) is 3.50. The van der Waals surface area contributed by atoms with Gasteiger partial charge in [0.05, 0.1) is 19.1 Å². The SMILES string of the molecule is CC[C@H](C(=O)Nc1cccc(Cl)c1C)N(c1cc(Cl)ccc1OC)S(C)(=O)=O. The summed E-state index contributed by atoms with van der Waals surface area (Å²) < 4.78 is 31.6. The molecule has 2 aromatic carbocycles. The molecule has 0 bridgehead atoms. The molecule has 1 amide bonds. The number of nitrogens with one attached hydrogen (secondary N) is 1. The number of carbonyl (C=O) groups is 1. The van der Waals surface area contributed by atoms with E-state index in [1.807, 2.05) is 0 Å². The van der Waals surface area contributed by atoms with Crippen LogP contribution < -0.4 is 14.4 Å². The van der Waals surface area contributed by atoms with Crippen molar-refractivity contribution in [2.75, 3.05) is 23.0 Å². The van der Waals surface area contributed by atoms with Gasteiger partial charge in [-0.1, -0.05) is 36.2 Å². The second-order valence-electron chi connectivity index (χ2n) is 6.20. The second kappa shape index (κ2) is 9.03. The minimum atomic E-state index is -3.83. The van der Waals surface area contributed by atoms with E-state index in [0.29, 0.717) is 27.0 Å². The molecule has 2 rings (SSSR count). The highest BCUT2D eigenvalue weighted by Gasteiger charge is 2.33. The van der Waals surface area contributed by atoms with Crippen molar-refractivity contribution in [2.45, 2.75) is 26.3 Å². The predicted octanol–water partition coefficient (Wildman–Crippen LogP) is 4.49. The second-order valence-corrected chi connectivity index (χ2v) is 8.90. The third kappa shape index (κ3) is 4.90. The number of nitrogens with zero attached hydrogens (tertiary/aromatic N) is 1. The first kappa shape index (κ1) is 22.3. The number of ether oxygens (including phenoxy) is 1. The molecule has 0 heterocycles. The zero-order valence-corrected chi connectivity index (χ0v) is 18.3. The Kier molecular flexibility index (Phi) is 7.20. The summed E-state index contributed by atoms with van der Waals surface area (Å²) in [7, 11) is -2.41. The maximum Gasteiger partial charge on any atom is 0.248 e. The lowest BCUT2D eigenvalue weighted by molar-refractivity contribution is -0.117. The standard InChI is InChI=1S/C19H22Cl2N2O4S/c1-5-16(19(24)22-15-8-6-7-14(21)12(15)2)23(28(4,25)26)17-11-13(20)9-10-18(17)27-3/h6-11,16H,5H2,1-4H3,(H,22,24)/t16-/m1/s1. The number of sulfonamides is 1. The number of rotatable bonds is 7. The van der Waals surface area contributed by atoms with Crippen molar-refractivity contribution in [3.63, 3.8) is 0 Å². The Morgan fingerprint density at radius 3 is 2.50 bits per heavy atom. The van der Waals surface area contributed by atoms with Crippen molar-refractivity contribution in [2.24, 2.45) is 0 Å². The predicted molar refractivity (Wildman–Crippen MR) is 114 cm³/mol. The van der Waals surface area contributed by atoms with Crippen LogP contribution in [0.1, 0.15) is 18.9 Å². The molecule has 0 aromatic heterocycles. The molecule has 0 spiro atoms. The number of hydrogen-bond acceptors (Lipinski definition) is 4. The summed E-state index contributed by atoms with van der Waals surface area (Å²) >= 11 is 12.2. The van der Waals surface area contributed by atoms with Crippen molar-refractivity contribution >= 4 is 50.5 Å². The van der Waals surface area contributed by atoms with Gasteiger partial charge in [-0.05, 0) is 49.2 Å². The van der Waals surface area contributed by atoms with Gasteiger partial charge in [-0.25, -0.2) is 8.42 Å². The fraction of sp³-hybridized carbons (Fsp3) is 0.316. The summed E-state index contributed by atoms with van der Waals surface area (Å²) in [6.07, 6.45) is 1.27. The molecule has 0 saturated carbocycles. The van der Waals surface area contributed by atoms with Gasteiger partial charge >= 0.3 is 0 Å². The Bertz CT molecular complexity index is 980. The normalized spacial score (nSPS) is 12.4. The van der Waals surface area contributed by atoms with E-state index in [4.69, 9.17) is 27.9 Å². The Morgan fingerprint density at radius 1 is 1.25 bits per heavy atom. The molecule has 0 aliphatic heterocycles. The first-order valence-corrected chi connectivity index (χ1v) is 11.1. The molecule has 9 heteroatoms. The van der Waals surface area contributed by atoms with Crippen LogP contribution in [0.4, 0.5) is 11.4 Å². The van der Waals surface area contributed by atoms with E-state index in [9.17, 15) is 13.2 Å². The highest BCUT2D eigenvalue weighted by molar-refractivity contribution is 7.92. The third-order valence-electron chi connectivity index (χ3n) is 4.23. The molecule has 28 heavy (non-hydrogen) atoms. The molecular formula is C19H22Cl2N2O4S. The maximum absolute atomic E-state index is 13.0. The smallest absolute Gasteiger partial charge is 0.248 e. The molecule has 0 aliphatic carbocycles. The summed E-state index contributed by atoms with van der Waals surface area (Å²) in [5.41, 5.74) is 1.41. The Morgan fingerprint density at radius 2 is 1.93 bits per heavy atom. The van der Waals surface area contributed by atoms with E-state index in [1.165, 1.54) is 13.2 Å². The van der Waals surface area contributed by atoms with Crippen molar-refractivity contribution in [1.82, 2.24) is 0 Å². The van der Waals surface area contributed by atoms with Crippen LogP contribution in [0.2, 0.25) is 10.0 Å². The van der Waals surface area contributed by atoms with Crippen molar-refractivity contribution in [3.05, 3.63) is 52.0 Å². The molecule has 2 aromatic rings. The van der Waals surface area contributed by atoms with E-state index in [0.717, 1.165) is 10.6 Å². The number of halogens is 2. The fourth-order valence-electron chi connectivity index (χ4n) is 2.83. The van der Waals surface area contributed by atoms with E-state index in [-0.39, 0.29) is 12.1 Å². The van der Waals surface area contributed by atoms with E-state index < -0.39 is 22.0 Å². The molecule has 1 N–H and O–H groups in total. The molecule has 0 radical (unpaired) electrons. The van der Waals surface area contributed by atoms with Crippen LogP contribution >= 0.6 is 23.2 Å². The van der Waals surface area contributed by atoms with Crippen LogP contribution in [0.5, 0.6) is 5.75 Å². The van der Waals surface area contributed by atoms with Gasteiger partial charge in [0.1, 0.15) is 11.8 Å². The quantitative estimate of drug-likeness (QED) is 0.681. The molecule has 6 nitrogen and oxygen atoms in total. The van der Waals surface area contributed by atoms with Crippen LogP contribution in [-0.4, -0.2) is 33.7 Å². The highest BCUT2D eigenvalue weighted by atomic mass is 35.5.